The molecule has 0 bridgehead atoms. The van der Waals surface area contributed by atoms with Crippen molar-refractivity contribution in [2.45, 2.75) is 12.6 Å². The molecule has 0 spiro atoms. The summed E-state index contributed by atoms with van der Waals surface area (Å²) in [5, 5.41) is 10.6. The molecule has 0 amide bonds. The highest BCUT2D eigenvalue weighted by atomic mass is 16.7. The van der Waals surface area contributed by atoms with E-state index in [1.165, 1.54) is 6.08 Å². The van der Waals surface area contributed by atoms with Crippen LogP contribution in [0.2, 0.25) is 0 Å². The highest BCUT2D eigenvalue weighted by Crippen LogP contribution is 2.22. The molecular weight excluding hydrogens is 202 g/mol. The predicted molar refractivity (Wildman–Crippen MR) is 49.0 cm³/mol. The summed E-state index contributed by atoms with van der Waals surface area (Å²) in [6, 6.07) is 0. The van der Waals surface area contributed by atoms with Crippen molar-refractivity contribution in [3.05, 3.63) is 39.5 Å². The molecule has 1 rings (SSSR count). The molecule has 6 heteroatoms. The fourth-order valence-corrected chi connectivity index (χ4v) is 1.20. The molecule has 0 aliphatic heterocycles. The molecule has 0 aromatic heterocycles. The van der Waals surface area contributed by atoms with Crippen molar-refractivity contribution in [1.82, 2.24) is 0 Å². The monoisotopic (exact) mass is 209 g/mol. The molecule has 6 nitrogen and oxygen atoms in total. The number of nitrogens with zero attached hydrogens (tertiary/aromatic N) is 1. The van der Waals surface area contributed by atoms with Gasteiger partial charge in [-0.25, -0.2) is 4.79 Å². The Balaban J connectivity index is 3.05. The average molecular weight is 209 g/mol. The Kier molecular flexibility index (Phi) is 3.54. The Labute approximate surface area is 84.7 Å². The molecule has 0 saturated heterocycles. The molecular formula is C9H7NO5. The van der Waals surface area contributed by atoms with E-state index in [1.54, 1.807) is 18.1 Å². The smallest absolute Gasteiger partial charge is 0.383 e. The molecule has 0 heterocycles. The van der Waals surface area contributed by atoms with E-state index < -0.39 is 11.2 Å². The van der Waals surface area contributed by atoms with Gasteiger partial charge in [0.05, 0.1) is 16.1 Å². The fourth-order valence-electron chi connectivity index (χ4n) is 1.20. The summed E-state index contributed by atoms with van der Waals surface area (Å²) in [5.41, 5.74) is 0.186. The lowest BCUT2D eigenvalue weighted by molar-refractivity contribution is -0.554. The van der Waals surface area contributed by atoms with E-state index >= 15 is 0 Å². The summed E-state index contributed by atoms with van der Waals surface area (Å²) >= 11 is 0. The number of carbonyl (C=O) groups excluding carboxylic acids is 2. The number of allylic oxidation sites excluding steroid dienone is 3. The SMILES string of the molecule is O=C=C1CC=CC=C1C(OC=O)[N+](=O)[O-]. The first-order valence-electron chi connectivity index (χ1n) is 4.04. The normalized spacial score (nSPS) is 16.3. The molecule has 0 aromatic carbocycles. The largest absolute Gasteiger partial charge is 0.396 e. The van der Waals surface area contributed by atoms with Gasteiger partial charge in [0.2, 0.25) is 0 Å². The summed E-state index contributed by atoms with van der Waals surface area (Å²) in [5.74, 6) is 1.59. The first kappa shape index (κ1) is 10.9. The summed E-state index contributed by atoms with van der Waals surface area (Å²) in [4.78, 5) is 30.4. The van der Waals surface area contributed by atoms with Crippen LogP contribution in [-0.2, 0) is 14.3 Å². The Hall–Kier alpha value is -2.20. The van der Waals surface area contributed by atoms with Crippen molar-refractivity contribution in [3.8, 4) is 0 Å². The average Bonchev–Trinajstić information content (AvgIpc) is 2.25. The summed E-state index contributed by atoms with van der Waals surface area (Å²) in [6.45, 7) is -0.0188. The molecule has 1 aliphatic carbocycles. The zero-order valence-corrected chi connectivity index (χ0v) is 7.58. The third-order valence-corrected chi connectivity index (χ3v) is 1.85. The first-order valence-corrected chi connectivity index (χ1v) is 4.04. The van der Waals surface area contributed by atoms with Gasteiger partial charge < -0.3 is 4.74 Å². The van der Waals surface area contributed by atoms with Gasteiger partial charge in [-0.05, 0) is 6.08 Å². The summed E-state index contributed by atoms with van der Waals surface area (Å²) in [7, 11) is 0. The second-order valence-corrected chi connectivity index (χ2v) is 2.70. The Morgan fingerprint density at radius 3 is 2.93 bits per heavy atom. The maximum absolute atomic E-state index is 10.6. The van der Waals surface area contributed by atoms with Crippen molar-refractivity contribution >= 4 is 12.4 Å². The second-order valence-electron chi connectivity index (χ2n) is 2.70. The lowest BCUT2D eigenvalue weighted by Gasteiger charge is -2.12. The fraction of sp³-hybridized carbons (Fsp3) is 0.222. The zero-order valence-electron chi connectivity index (χ0n) is 7.58. The van der Waals surface area contributed by atoms with E-state index in [9.17, 15) is 19.7 Å². The van der Waals surface area contributed by atoms with E-state index in [0.29, 0.717) is 0 Å². The zero-order chi connectivity index (χ0) is 11.3. The second kappa shape index (κ2) is 4.88. The van der Waals surface area contributed by atoms with E-state index in [2.05, 4.69) is 4.74 Å². The third-order valence-electron chi connectivity index (χ3n) is 1.85. The van der Waals surface area contributed by atoms with Crippen LogP contribution in [0.4, 0.5) is 0 Å². The number of ether oxygens (including phenoxy) is 1. The van der Waals surface area contributed by atoms with Crippen LogP contribution >= 0.6 is 0 Å². The highest BCUT2D eigenvalue weighted by Gasteiger charge is 2.30. The predicted octanol–water partition coefficient (Wildman–Crippen LogP) is 0.406. The maximum atomic E-state index is 10.6. The van der Waals surface area contributed by atoms with Crippen molar-refractivity contribution in [1.29, 1.82) is 0 Å². The highest BCUT2D eigenvalue weighted by molar-refractivity contribution is 5.64. The van der Waals surface area contributed by atoms with Crippen LogP contribution in [0.3, 0.4) is 0 Å². The number of carbonyl (C=O) groups is 1. The van der Waals surface area contributed by atoms with Crippen LogP contribution < -0.4 is 0 Å². The molecule has 1 aliphatic rings. The number of rotatable bonds is 4. The van der Waals surface area contributed by atoms with Gasteiger partial charge >= 0.3 is 6.23 Å². The van der Waals surface area contributed by atoms with E-state index in [1.807, 2.05) is 0 Å². The van der Waals surface area contributed by atoms with E-state index in [-0.39, 0.29) is 24.0 Å². The van der Waals surface area contributed by atoms with Crippen LogP contribution in [0, 0.1) is 10.1 Å². The van der Waals surface area contributed by atoms with E-state index in [0.717, 1.165) is 0 Å². The molecule has 0 radical (unpaired) electrons. The molecule has 1 atom stereocenters. The number of nitro groups is 1. The van der Waals surface area contributed by atoms with Gasteiger partial charge in [-0.3, -0.25) is 14.9 Å². The third kappa shape index (κ3) is 2.38. The standard InChI is InChI=1S/C9H7NO5/c11-5-7-3-1-2-4-8(7)9(10(13)14)15-6-12/h1-2,4,6,9H,3H2. The van der Waals surface area contributed by atoms with Gasteiger partial charge in [-0.15, -0.1) is 0 Å². The Bertz CT molecular complexity index is 389. The van der Waals surface area contributed by atoms with Crippen LogP contribution in [-0.4, -0.2) is 23.6 Å². The van der Waals surface area contributed by atoms with Crippen molar-refractivity contribution in [2.24, 2.45) is 0 Å². The van der Waals surface area contributed by atoms with Crippen LogP contribution in [0.5, 0.6) is 0 Å². The van der Waals surface area contributed by atoms with Gasteiger partial charge in [0.15, 0.2) is 0 Å². The van der Waals surface area contributed by atoms with Gasteiger partial charge in [0, 0.05) is 6.42 Å². The molecule has 1 unspecified atom stereocenters. The minimum absolute atomic E-state index is 0.0188. The van der Waals surface area contributed by atoms with E-state index in [4.69, 9.17) is 0 Å². The first-order chi connectivity index (χ1) is 7.20. The van der Waals surface area contributed by atoms with Crippen molar-refractivity contribution < 1.29 is 19.2 Å². The maximum Gasteiger partial charge on any atom is 0.383 e. The Morgan fingerprint density at radius 1 is 1.67 bits per heavy atom. The quantitative estimate of drug-likeness (QED) is 0.220. The molecule has 0 saturated carbocycles. The van der Waals surface area contributed by atoms with Crippen LogP contribution in [0.25, 0.3) is 0 Å². The number of hydrogen-bond donors (Lipinski definition) is 0. The van der Waals surface area contributed by atoms with Crippen LogP contribution in [0.15, 0.2) is 29.4 Å². The van der Waals surface area contributed by atoms with Crippen molar-refractivity contribution in [3.63, 3.8) is 0 Å². The lowest BCUT2D eigenvalue weighted by Crippen LogP contribution is -2.26. The minimum Gasteiger partial charge on any atom is -0.396 e. The minimum atomic E-state index is -1.64. The summed E-state index contributed by atoms with van der Waals surface area (Å²) < 4.78 is 4.29. The Morgan fingerprint density at radius 2 is 2.40 bits per heavy atom. The summed E-state index contributed by atoms with van der Waals surface area (Å²) in [6.07, 6.45) is 3.19. The van der Waals surface area contributed by atoms with Gasteiger partial charge in [-0.2, -0.15) is 0 Å². The van der Waals surface area contributed by atoms with Crippen molar-refractivity contribution in [2.75, 3.05) is 0 Å². The van der Waals surface area contributed by atoms with Gasteiger partial charge in [-0.1, -0.05) is 12.2 Å². The van der Waals surface area contributed by atoms with Gasteiger partial charge in [0.25, 0.3) is 6.47 Å². The molecule has 78 valence electrons. The molecule has 0 aromatic rings. The molecule has 0 N–H and O–H groups in total. The van der Waals surface area contributed by atoms with Gasteiger partial charge in [0.1, 0.15) is 5.94 Å². The molecule has 0 fully saturated rings. The number of hydrogen-bond acceptors (Lipinski definition) is 5. The topological polar surface area (TPSA) is 86.5 Å². The molecule has 15 heavy (non-hydrogen) atoms. The lowest BCUT2D eigenvalue weighted by atomic mass is 9.98. The van der Waals surface area contributed by atoms with Crippen LogP contribution in [0.1, 0.15) is 6.42 Å².